The minimum absolute atomic E-state index is 0.0688. The number of nitrogens with zero attached hydrogens (tertiary/aromatic N) is 2. The Hall–Kier alpha value is -1.46. The van der Waals surface area contributed by atoms with Crippen molar-refractivity contribution in [3.63, 3.8) is 0 Å². The van der Waals surface area contributed by atoms with Crippen LogP contribution in [0.3, 0.4) is 0 Å². The molecule has 1 atom stereocenters. The molecular formula is C15H22FN3O. The van der Waals surface area contributed by atoms with Crippen LogP contribution < -0.4 is 5.73 Å². The molecule has 1 unspecified atom stereocenters. The molecule has 1 heterocycles. The van der Waals surface area contributed by atoms with Crippen molar-refractivity contribution in [1.29, 1.82) is 0 Å². The molecule has 20 heavy (non-hydrogen) atoms. The van der Waals surface area contributed by atoms with Crippen molar-refractivity contribution in [2.75, 3.05) is 20.6 Å². The summed E-state index contributed by atoms with van der Waals surface area (Å²) < 4.78 is 13.2. The van der Waals surface area contributed by atoms with E-state index in [1.807, 2.05) is 0 Å². The van der Waals surface area contributed by atoms with E-state index >= 15 is 0 Å². The first kappa shape index (κ1) is 14.9. The first-order chi connectivity index (χ1) is 9.52. The number of likely N-dealkylation sites (N-methyl/N-ethyl adjacent to an activating group) is 1. The standard InChI is InChI=1S/C15H22FN3O/c1-18(2)15(20)14-4-3-7-19(14)10-11-5-6-13(16)8-12(11)9-17/h5-6,8,14H,3-4,7,9-10,17H2,1-2H3. The van der Waals surface area contributed by atoms with Crippen LogP contribution in [0.4, 0.5) is 4.39 Å². The molecule has 1 amide bonds. The molecule has 1 aromatic rings. The van der Waals surface area contributed by atoms with Crippen molar-refractivity contribution in [3.05, 3.63) is 35.1 Å². The molecule has 2 N–H and O–H groups in total. The lowest BCUT2D eigenvalue weighted by molar-refractivity contribution is -0.133. The molecule has 0 saturated carbocycles. The maximum Gasteiger partial charge on any atom is 0.239 e. The van der Waals surface area contributed by atoms with E-state index in [1.165, 1.54) is 12.1 Å². The first-order valence-corrected chi connectivity index (χ1v) is 6.95. The number of carbonyl (C=O) groups excluding carboxylic acids is 1. The van der Waals surface area contributed by atoms with E-state index in [9.17, 15) is 9.18 Å². The minimum atomic E-state index is -0.267. The highest BCUT2D eigenvalue weighted by Crippen LogP contribution is 2.23. The largest absolute Gasteiger partial charge is 0.347 e. The van der Waals surface area contributed by atoms with Crippen LogP contribution in [0.1, 0.15) is 24.0 Å². The van der Waals surface area contributed by atoms with Crippen molar-refractivity contribution in [1.82, 2.24) is 9.80 Å². The van der Waals surface area contributed by atoms with Crippen LogP contribution in [-0.2, 0) is 17.9 Å². The lowest BCUT2D eigenvalue weighted by Gasteiger charge is -2.26. The summed E-state index contributed by atoms with van der Waals surface area (Å²) in [4.78, 5) is 16.0. The molecule has 1 aromatic carbocycles. The second-order valence-corrected chi connectivity index (χ2v) is 5.48. The summed E-state index contributed by atoms with van der Waals surface area (Å²) in [7, 11) is 3.56. The maximum atomic E-state index is 13.2. The number of likely N-dealkylation sites (tertiary alicyclic amines) is 1. The molecule has 0 radical (unpaired) electrons. The fourth-order valence-corrected chi connectivity index (χ4v) is 2.75. The summed E-state index contributed by atoms with van der Waals surface area (Å²) in [5, 5.41) is 0. The van der Waals surface area contributed by atoms with Gasteiger partial charge in [-0.15, -0.1) is 0 Å². The van der Waals surface area contributed by atoms with Crippen molar-refractivity contribution in [3.8, 4) is 0 Å². The summed E-state index contributed by atoms with van der Waals surface area (Å²) in [5.74, 6) is -0.129. The highest BCUT2D eigenvalue weighted by Gasteiger charge is 2.31. The van der Waals surface area contributed by atoms with Gasteiger partial charge in [-0.3, -0.25) is 9.69 Å². The van der Waals surface area contributed by atoms with Crippen LogP contribution in [0.2, 0.25) is 0 Å². The molecule has 1 fully saturated rings. The van der Waals surface area contributed by atoms with Gasteiger partial charge in [0.15, 0.2) is 0 Å². The quantitative estimate of drug-likeness (QED) is 0.905. The van der Waals surface area contributed by atoms with Crippen LogP contribution in [0.15, 0.2) is 18.2 Å². The highest BCUT2D eigenvalue weighted by atomic mass is 19.1. The van der Waals surface area contributed by atoms with E-state index in [0.717, 1.165) is 30.5 Å². The number of benzene rings is 1. The van der Waals surface area contributed by atoms with Gasteiger partial charge < -0.3 is 10.6 Å². The maximum absolute atomic E-state index is 13.2. The lowest BCUT2D eigenvalue weighted by Crippen LogP contribution is -2.42. The fourth-order valence-electron chi connectivity index (χ4n) is 2.75. The van der Waals surface area contributed by atoms with Gasteiger partial charge in [0.25, 0.3) is 0 Å². The van der Waals surface area contributed by atoms with Gasteiger partial charge in [0.1, 0.15) is 5.82 Å². The van der Waals surface area contributed by atoms with Gasteiger partial charge in [-0.05, 0) is 42.6 Å². The lowest BCUT2D eigenvalue weighted by atomic mass is 10.1. The SMILES string of the molecule is CN(C)C(=O)C1CCCN1Cc1ccc(F)cc1CN. The molecule has 0 bridgehead atoms. The number of carbonyl (C=O) groups is 1. The number of rotatable bonds is 4. The average Bonchev–Trinajstić information content (AvgIpc) is 2.87. The number of amides is 1. The number of hydrogen-bond donors (Lipinski definition) is 1. The number of nitrogens with two attached hydrogens (primary N) is 1. The Morgan fingerprint density at radius 1 is 1.45 bits per heavy atom. The summed E-state index contributed by atoms with van der Waals surface area (Å²) in [6.45, 7) is 1.86. The number of halogens is 1. The van der Waals surface area contributed by atoms with Crippen LogP contribution in [0.25, 0.3) is 0 Å². The molecule has 5 heteroatoms. The van der Waals surface area contributed by atoms with E-state index in [1.54, 1.807) is 25.1 Å². The summed E-state index contributed by atoms with van der Waals surface area (Å²) >= 11 is 0. The zero-order valence-electron chi connectivity index (χ0n) is 12.1. The first-order valence-electron chi connectivity index (χ1n) is 6.95. The second-order valence-electron chi connectivity index (χ2n) is 5.48. The Kier molecular flexibility index (Phi) is 4.73. The molecule has 110 valence electrons. The van der Waals surface area contributed by atoms with Gasteiger partial charge in [0, 0.05) is 27.2 Å². The molecule has 4 nitrogen and oxygen atoms in total. The third-order valence-electron chi connectivity index (χ3n) is 3.85. The molecule has 0 aromatic heterocycles. The Labute approximate surface area is 119 Å². The van der Waals surface area contributed by atoms with E-state index in [-0.39, 0.29) is 17.8 Å². The van der Waals surface area contributed by atoms with E-state index < -0.39 is 0 Å². The Balaban J connectivity index is 2.14. The second kappa shape index (κ2) is 6.33. The van der Waals surface area contributed by atoms with Crippen LogP contribution >= 0.6 is 0 Å². The van der Waals surface area contributed by atoms with Gasteiger partial charge >= 0.3 is 0 Å². The fraction of sp³-hybridized carbons (Fsp3) is 0.533. The van der Waals surface area contributed by atoms with Crippen LogP contribution in [-0.4, -0.2) is 42.4 Å². The highest BCUT2D eigenvalue weighted by molar-refractivity contribution is 5.81. The topological polar surface area (TPSA) is 49.6 Å². The molecule has 0 aliphatic carbocycles. The van der Waals surface area contributed by atoms with Gasteiger partial charge in [0.2, 0.25) is 5.91 Å². The molecular weight excluding hydrogens is 257 g/mol. The third kappa shape index (κ3) is 3.16. The molecule has 1 saturated heterocycles. The zero-order chi connectivity index (χ0) is 14.7. The summed E-state index contributed by atoms with van der Waals surface area (Å²) in [5.41, 5.74) is 7.50. The molecule has 0 spiro atoms. The molecule has 1 aliphatic rings. The van der Waals surface area contributed by atoms with Crippen molar-refractivity contribution in [2.45, 2.75) is 32.0 Å². The smallest absolute Gasteiger partial charge is 0.239 e. The minimum Gasteiger partial charge on any atom is -0.347 e. The Bertz CT molecular complexity index is 490. The average molecular weight is 279 g/mol. The molecule has 2 rings (SSSR count). The zero-order valence-corrected chi connectivity index (χ0v) is 12.1. The van der Waals surface area contributed by atoms with Crippen LogP contribution in [0, 0.1) is 5.82 Å². The van der Waals surface area contributed by atoms with Gasteiger partial charge in [-0.2, -0.15) is 0 Å². The summed E-state index contributed by atoms with van der Waals surface area (Å²) in [6, 6.07) is 4.63. The van der Waals surface area contributed by atoms with E-state index in [4.69, 9.17) is 5.73 Å². The Morgan fingerprint density at radius 2 is 2.20 bits per heavy atom. The summed E-state index contributed by atoms with van der Waals surface area (Å²) in [6.07, 6.45) is 1.90. The number of hydrogen-bond acceptors (Lipinski definition) is 3. The van der Waals surface area contributed by atoms with Crippen LogP contribution in [0.5, 0.6) is 0 Å². The molecule has 1 aliphatic heterocycles. The van der Waals surface area contributed by atoms with Crippen molar-refractivity contribution >= 4 is 5.91 Å². The predicted molar refractivity (Wildman–Crippen MR) is 76.4 cm³/mol. The van der Waals surface area contributed by atoms with E-state index in [0.29, 0.717) is 13.1 Å². The Morgan fingerprint density at radius 3 is 2.85 bits per heavy atom. The van der Waals surface area contributed by atoms with Gasteiger partial charge in [-0.1, -0.05) is 6.07 Å². The van der Waals surface area contributed by atoms with Crippen molar-refractivity contribution in [2.24, 2.45) is 5.73 Å². The normalized spacial score (nSPS) is 19.3. The van der Waals surface area contributed by atoms with E-state index in [2.05, 4.69) is 4.90 Å². The third-order valence-corrected chi connectivity index (χ3v) is 3.85. The van der Waals surface area contributed by atoms with Crippen molar-refractivity contribution < 1.29 is 9.18 Å². The monoisotopic (exact) mass is 279 g/mol. The van der Waals surface area contributed by atoms with Gasteiger partial charge in [0.05, 0.1) is 6.04 Å². The predicted octanol–water partition coefficient (Wildman–Crippen LogP) is 1.34. The van der Waals surface area contributed by atoms with Gasteiger partial charge in [-0.25, -0.2) is 4.39 Å².